The molecule has 2 aromatic rings. The normalized spacial score (nSPS) is 21.4. The summed E-state index contributed by atoms with van der Waals surface area (Å²) in [7, 11) is 4.31. The largest absolute Gasteiger partial charge is 0.305 e. The van der Waals surface area contributed by atoms with Crippen LogP contribution >= 0.6 is 23.2 Å². The molecular weight excluding hydrogens is 301 g/mol. The highest BCUT2D eigenvalue weighted by molar-refractivity contribution is 6.42. The number of aryl methyl sites for hydroxylation is 1. The van der Waals surface area contributed by atoms with Gasteiger partial charge in [0.25, 0.3) is 0 Å². The van der Waals surface area contributed by atoms with Crippen molar-refractivity contribution in [1.29, 1.82) is 0 Å². The SMILES string of the molecule is CN(C)[C@@H]1CCc2ccccc2[C@@H]1c1ccc(Cl)c(Cl)c1. The molecule has 0 radical (unpaired) electrons. The van der Waals surface area contributed by atoms with Crippen molar-refractivity contribution < 1.29 is 0 Å². The number of benzene rings is 2. The first-order chi connectivity index (χ1) is 10.1. The van der Waals surface area contributed by atoms with Gasteiger partial charge in [-0.15, -0.1) is 0 Å². The van der Waals surface area contributed by atoms with E-state index in [0.29, 0.717) is 22.0 Å². The number of likely N-dealkylation sites (N-methyl/N-ethyl adjacent to an activating group) is 1. The lowest BCUT2D eigenvalue weighted by Crippen LogP contribution is -2.38. The summed E-state index contributed by atoms with van der Waals surface area (Å²) in [6, 6.07) is 15.3. The average molecular weight is 320 g/mol. The van der Waals surface area contributed by atoms with Gasteiger partial charge in [-0.1, -0.05) is 53.5 Å². The molecule has 0 bridgehead atoms. The van der Waals surface area contributed by atoms with E-state index in [2.05, 4.69) is 49.3 Å². The molecule has 3 heteroatoms. The average Bonchev–Trinajstić information content (AvgIpc) is 2.49. The maximum absolute atomic E-state index is 6.24. The van der Waals surface area contributed by atoms with E-state index in [0.717, 1.165) is 12.8 Å². The topological polar surface area (TPSA) is 3.24 Å². The van der Waals surface area contributed by atoms with Crippen LogP contribution in [0.3, 0.4) is 0 Å². The Bertz CT molecular complexity index is 651. The predicted molar refractivity (Wildman–Crippen MR) is 90.5 cm³/mol. The molecule has 21 heavy (non-hydrogen) atoms. The summed E-state index contributed by atoms with van der Waals surface area (Å²) < 4.78 is 0. The van der Waals surface area contributed by atoms with Crippen LogP contribution in [-0.2, 0) is 6.42 Å². The minimum atomic E-state index is 0.347. The lowest BCUT2D eigenvalue weighted by molar-refractivity contribution is 0.245. The van der Waals surface area contributed by atoms with Crippen LogP contribution < -0.4 is 0 Å². The van der Waals surface area contributed by atoms with Gasteiger partial charge < -0.3 is 4.90 Å². The molecule has 0 spiro atoms. The molecule has 0 heterocycles. The van der Waals surface area contributed by atoms with Crippen LogP contribution in [0, 0.1) is 0 Å². The van der Waals surface area contributed by atoms with Crippen LogP contribution in [0.25, 0.3) is 0 Å². The number of halogens is 2. The first-order valence-corrected chi connectivity index (χ1v) is 8.02. The van der Waals surface area contributed by atoms with Crippen molar-refractivity contribution in [3.05, 3.63) is 69.2 Å². The van der Waals surface area contributed by atoms with Gasteiger partial charge in [0, 0.05) is 12.0 Å². The van der Waals surface area contributed by atoms with Gasteiger partial charge in [-0.2, -0.15) is 0 Å². The van der Waals surface area contributed by atoms with E-state index in [4.69, 9.17) is 23.2 Å². The third-order valence-corrected chi connectivity index (χ3v) is 5.19. The molecule has 110 valence electrons. The minimum absolute atomic E-state index is 0.347. The molecular formula is C18H19Cl2N. The van der Waals surface area contributed by atoms with Gasteiger partial charge in [0.15, 0.2) is 0 Å². The van der Waals surface area contributed by atoms with E-state index >= 15 is 0 Å². The van der Waals surface area contributed by atoms with Crippen molar-refractivity contribution in [3.63, 3.8) is 0 Å². The van der Waals surface area contributed by atoms with E-state index in [1.54, 1.807) is 0 Å². The van der Waals surface area contributed by atoms with Gasteiger partial charge in [-0.3, -0.25) is 0 Å². The maximum Gasteiger partial charge on any atom is 0.0595 e. The molecule has 0 amide bonds. The summed E-state index contributed by atoms with van der Waals surface area (Å²) in [6.45, 7) is 0. The van der Waals surface area contributed by atoms with Gasteiger partial charge >= 0.3 is 0 Å². The quantitative estimate of drug-likeness (QED) is 0.752. The van der Waals surface area contributed by atoms with E-state index in [1.807, 2.05) is 12.1 Å². The Kier molecular flexibility index (Phi) is 4.26. The molecule has 0 fully saturated rings. The van der Waals surface area contributed by atoms with Gasteiger partial charge in [-0.25, -0.2) is 0 Å². The van der Waals surface area contributed by atoms with Crippen molar-refractivity contribution in [2.24, 2.45) is 0 Å². The minimum Gasteiger partial charge on any atom is -0.305 e. The van der Waals surface area contributed by atoms with Crippen molar-refractivity contribution in [2.75, 3.05) is 14.1 Å². The Labute approximate surface area is 136 Å². The van der Waals surface area contributed by atoms with E-state index in [9.17, 15) is 0 Å². The molecule has 0 aliphatic heterocycles. The van der Waals surface area contributed by atoms with Crippen LogP contribution in [0.1, 0.15) is 29.0 Å². The monoisotopic (exact) mass is 319 g/mol. The lowest BCUT2D eigenvalue weighted by atomic mass is 9.75. The van der Waals surface area contributed by atoms with Crippen molar-refractivity contribution >= 4 is 23.2 Å². The molecule has 1 nitrogen and oxygen atoms in total. The molecule has 0 aromatic heterocycles. The van der Waals surface area contributed by atoms with Crippen LogP contribution in [0.4, 0.5) is 0 Å². The molecule has 0 saturated heterocycles. The van der Waals surface area contributed by atoms with Crippen LogP contribution in [-0.4, -0.2) is 25.0 Å². The molecule has 3 rings (SSSR count). The van der Waals surface area contributed by atoms with Gasteiger partial charge in [0.1, 0.15) is 0 Å². The summed E-state index contributed by atoms with van der Waals surface area (Å²) in [5.41, 5.74) is 4.11. The molecule has 2 atom stereocenters. The van der Waals surface area contributed by atoms with E-state index in [-0.39, 0.29) is 0 Å². The third-order valence-electron chi connectivity index (χ3n) is 4.45. The van der Waals surface area contributed by atoms with E-state index < -0.39 is 0 Å². The highest BCUT2D eigenvalue weighted by Crippen LogP contribution is 2.40. The van der Waals surface area contributed by atoms with Crippen molar-refractivity contribution in [3.8, 4) is 0 Å². The highest BCUT2D eigenvalue weighted by atomic mass is 35.5. The first-order valence-electron chi connectivity index (χ1n) is 7.27. The lowest BCUT2D eigenvalue weighted by Gasteiger charge is -2.38. The molecule has 0 saturated carbocycles. The predicted octanol–water partition coefficient (Wildman–Crippen LogP) is 5.00. The zero-order valence-corrected chi connectivity index (χ0v) is 13.8. The fourth-order valence-electron chi connectivity index (χ4n) is 3.41. The second-order valence-corrected chi connectivity index (χ2v) is 6.73. The number of hydrogen-bond donors (Lipinski definition) is 0. The van der Waals surface area contributed by atoms with Gasteiger partial charge in [0.05, 0.1) is 10.0 Å². The van der Waals surface area contributed by atoms with Gasteiger partial charge in [-0.05, 0) is 55.8 Å². The molecule has 2 aromatic carbocycles. The zero-order chi connectivity index (χ0) is 15.0. The van der Waals surface area contributed by atoms with Crippen LogP contribution in [0.15, 0.2) is 42.5 Å². The van der Waals surface area contributed by atoms with E-state index in [1.165, 1.54) is 16.7 Å². The summed E-state index contributed by atoms with van der Waals surface area (Å²) >= 11 is 12.3. The van der Waals surface area contributed by atoms with Crippen LogP contribution in [0.2, 0.25) is 10.0 Å². The maximum atomic E-state index is 6.24. The van der Waals surface area contributed by atoms with Gasteiger partial charge in [0.2, 0.25) is 0 Å². The summed E-state index contributed by atoms with van der Waals surface area (Å²) in [5, 5.41) is 1.25. The Hall–Kier alpha value is -1.02. The standard InChI is InChI=1S/C18H19Cl2N/c1-21(2)17-10-8-12-5-3-4-6-14(12)18(17)13-7-9-15(19)16(20)11-13/h3-7,9,11,17-18H,8,10H2,1-2H3/t17-,18+/m1/s1. The Morgan fingerprint density at radius 1 is 1.00 bits per heavy atom. The Balaban J connectivity index is 2.12. The third kappa shape index (κ3) is 2.83. The number of nitrogens with zero attached hydrogens (tertiary/aromatic N) is 1. The number of fused-ring (bicyclic) bond motifs is 1. The molecule has 0 N–H and O–H groups in total. The Morgan fingerprint density at radius 2 is 1.76 bits per heavy atom. The first kappa shape index (κ1) is 14.9. The zero-order valence-electron chi connectivity index (χ0n) is 12.3. The Morgan fingerprint density at radius 3 is 2.48 bits per heavy atom. The fourth-order valence-corrected chi connectivity index (χ4v) is 3.71. The van der Waals surface area contributed by atoms with Crippen molar-refractivity contribution in [1.82, 2.24) is 4.90 Å². The summed E-state index contributed by atoms with van der Waals surface area (Å²) in [5.74, 6) is 0.347. The molecule has 0 unspecified atom stereocenters. The molecule has 1 aliphatic carbocycles. The summed E-state index contributed by atoms with van der Waals surface area (Å²) in [6.07, 6.45) is 2.30. The summed E-state index contributed by atoms with van der Waals surface area (Å²) in [4.78, 5) is 2.32. The second-order valence-electron chi connectivity index (χ2n) is 5.92. The van der Waals surface area contributed by atoms with Crippen LogP contribution in [0.5, 0.6) is 0 Å². The molecule has 1 aliphatic rings. The smallest absolute Gasteiger partial charge is 0.0595 e. The fraction of sp³-hybridized carbons (Fsp3) is 0.333. The van der Waals surface area contributed by atoms with Crippen molar-refractivity contribution in [2.45, 2.75) is 24.8 Å². The number of rotatable bonds is 2. The highest BCUT2D eigenvalue weighted by Gasteiger charge is 2.32. The second kappa shape index (κ2) is 6.00. The number of hydrogen-bond acceptors (Lipinski definition) is 1.